The van der Waals surface area contributed by atoms with Crippen LogP contribution in [0, 0.1) is 5.92 Å². The highest BCUT2D eigenvalue weighted by atomic mass is 16.3. The third-order valence-corrected chi connectivity index (χ3v) is 5.06. The van der Waals surface area contributed by atoms with Crippen molar-refractivity contribution in [2.45, 2.75) is 83.4 Å². The van der Waals surface area contributed by atoms with Gasteiger partial charge in [0.25, 0.3) is 0 Å². The third-order valence-electron chi connectivity index (χ3n) is 5.06. The van der Waals surface area contributed by atoms with Crippen molar-refractivity contribution in [2.75, 3.05) is 19.6 Å². The summed E-state index contributed by atoms with van der Waals surface area (Å²) in [5, 5.41) is 12.7. The Bertz CT molecular complexity index is 239. The Labute approximate surface area is 125 Å². The molecule has 1 unspecified atom stereocenters. The van der Waals surface area contributed by atoms with Crippen LogP contribution in [0.5, 0.6) is 0 Å². The molecule has 2 aliphatic rings. The first-order valence-electron chi connectivity index (χ1n) is 8.90. The van der Waals surface area contributed by atoms with E-state index in [1.54, 1.807) is 0 Å². The maximum Gasteiger partial charge on any atom is 0.102 e. The number of nitrogens with one attached hydrogen (secondary N) is 1. The van der Waals surface area contributed by atoms with Crippen molar-refractivity contribution in [1.82, 2.24) is 10.2 Å². The number of aliphatic hydroxyl groups excluding tert-OH is 1. The van der Waals surface area contributed by atoms with Gasteiger partial charge in [0.2, 0.25) is 0 Å². The molecule has 2 fully saturated rings. The van der Waals surface area contributed by atoms with Crippen molar-refractivity contribution >= 4 is 0 Å². The van der Waals surface area contributed by atoms with E-state index in [0.717, 1.165) is 5.92 Å². The molecule has 1 aliphatic carbocycles. The van der Waals surface area contributed by atoms with Crippen molar-refractivity contribution in [3.8, 4) is 0 Å². The van der Waals surface area contributed by atoms with Gasteiger partial charge in [-0.05, 0) is 51.6 Å². The second kappa shape index (κ2) is 9.01. The second-order valence-electron chi connectivity index (χ2n) is 6.98. The summed E-state index contributed by atoms with van der Waals surface area (Å²) >= 11 is 0. The first-order valence-corrected chi connectivity index (χ1v) is 8.90. The molecule has 1 saturated heterocycles. The van der Waals surface area contributed by atoms with Crippen molar-refractivity contribution in [3.63, 3.8) is 0 Å². The highest BCUT2D eigenvalue weighted by molar-refractivity contribution is 4.79. The van der Waals surface area contributed by atoms with Gasteiger partial charge in [-0.2, -0.15) is 0 Å². The van der Waals surface area contributed by atoms with E-state index in [2.05, 4.69) is 10.2 Å². The van der Waals surface area contributed by atoms with Gasteiger partial charge in [0.15, 0.2) is 0 Å². The van der Waals surface area contributed by atoms with Crippen LogP contribution in [0.3, 0.4) is 0 Å². The van der Waals surface area contributed by atoms with Crippen LogP contribution in [0.25, 0.3) is 0 Å². The molecule has 118 valence electrons. The zero-order valence-corrected chi connectivity index (χ0v) is 13.3. The number of hydrogen-bond donors (Lipinski definition) is 2. The molecular weight excluding hydrogens is 248 g/mol. The number of hydrogen-bond acceptors (Lipinski definition) is 3. The van der Waals surface area contributed by atoms with Gasteiger partial charge in [-0.1, -0.05) is 38.5 Å². The molecule has 0 amide bonds. The summed E-state index contributed by atoms with van der Waals surface area (Å²) in [4.78, 5) is 2.67. The fraction of sp³-hybridized carbons (Fsp3) is 1.00. The molecule has 1 heterocycles. The molecule has 1 aliphatic heterocycles. The standard InChI is InChI=1S/C17H34N2O/c1-15(20)18-17-10-12-19(13-11-17)14-16-8-6-4-2-3-5-7-9-16/h15-18,20H,2-14H2,1H3. The van der Waals surface area contributed by atoms with Crippen LogP contribution in [0.4, 0.5) is 0 Å². The predicted octanol–water partition coefficient (Wildman–Crippen LogP) is 3.13. The number of piperidine rings is 1. The molecule has 2 N–H and O–H groups in total. The van der Waals surface area contributed by atoms with Crippen LogP contribution in [-0.2, 0) is 0 Å². The minimum atomic E-state index is -0.360. The third kappa shape index (κ3) is 6.11. The Balaban J connectivity index is 1.67. The van der Waals surface area contributed by atoms with Crippen molar-refractivity contribution in [2.24, 2.45) is 5.92 Å². The van der Waals surface area contributed by atoms with Gasteiger partial charge < -0.3 is 10.0 Å². The van der Waals surface area contributed by atoms with Gasteiger partial charge in [0.1, 0.15) is 6.23 Å². The van der Waals surface area contributed by atoms with Gasteiger partial charge in [0, 0.05) is 12.6 Å². The topological polar surface area (TPSA) is 35.5 Å². The molecule has 1 saturated carbocycles. The minimum Gasteiger partial charge on any atom is -0.379 e. The van der Waals surface area contributed by atoms with Crippen LogP contribution in [0.2, 0.25) is 0 Å². The fourth-order valence-electron chi connectivity index (χ4n) is 3.89. The van der Waals surface area contributed by atoms with E-state index in [0.29, 0.717) is 6.04 Å². The molecule has 0 aromatic carbocycles. The largest absolute Gasteiger partial charge is 0.379 e. The Kier molecular flexibility index (Phi) is 7.32. The predicted molar refractivity (Wildman–Crippen MR) is 84.7 cm³/mol. The number of nitrogens with zero attached hydrogens (tertiary/aromatic N) is 1. The lowest BCUT2D eigenvalue weighted by Crippen LogP contribution is -2.46. The first kappa shape index (κ1) is 16.3. The van der Waals surface area contributed by atoms with Crippen LogP contribution in [-0.4, -0.2) is 41.9 Å². The molecule has 3 nitrogen and oxygen atoms in total. The first-order chi connectivity index (χ1) is 9.74. The summed E-state index contributed by atoms with van der Waals surface area (Å²) in [5.74, 6) is 0.939. The molecule has 3 heteroatoms. The lowest BCUT2D eigenvalue weighted by atomic mass is 9.95. The van der Waals surface area contributed by atoms with E-state index in [1.807, 2.05) is 6.92 Å². The van der Waals surface area contributed by atoms with E-state index in [9.17, 15) is 5.11 Å². The quantitative estimate of drug-likeness (QED) is 0.778. The van der Waals surface area contributed by atoms with Crippen molar-refractivity contribution < 1.29 is 5.11 Å². The second-order valence-corrected chi connectivity index (χ2v) is 6.98. The van der Waals surface area contributed by atoms with Crippen LogP contribution >= 0.6 is 0 Å². The smallest absolute Gasteiger partial charge is 0.102 e. The molecular formula is C17H34N2O. The Morgan fingerprint density at radius 1 is 0.950 bits per heavy atom. The average molecular weight is 282 g/mol. The molecule has 0 bridgehead atoms. The maximum atomic E-state index is 9.39. The summed E-state index contributed by atoms with van der Waals surface area (Å²) in [6.45, 7) is 5.56. The van der Waals surface area contributed by atoms with E-state index in [1.165, 1.54) is 83.8 Å². The Hall–Kier alpha value is -0.120. The summed E-state index contributed by atoms with van der Waals surface area (Å²) in [6.07, 6.45) is 13.7. The van der Waals surface area contributed by atoms with Crippen molar-refractivity contribution in [3.05, 3.63) is 0 Å². The number of aliphatic hydroxyl groups is 1. The van der Waals surface area contributed by atoms with Gasteiger partial charge >= 0.3 is 0 Å². The van der Waals surface area contributed by atoms with E-state index >= 15 is 0 Å². The highest BCUT2D eigenvalue weighted by Crippen LogP contribution is 2.24. The summed E-state index contributed by atoms with van der Waals surface area (Å²) in [6, 6.07) is 0.520. The van der Waals surface area contributed by atoms with Gasteiger partial charge in [-0.15, -0.1) is 0 Å². The van der Waals surface area contributed by atoms with E-state index in [4.69, 9.17) is 0 Å². The summed E-state index contributed by atoms with van der Waals surface area (Å²) in [5.41, 5.74) is 0. The van der Waals surface area contributed by atoms with Gasteiger partial charge in [-0.25, -0.2) is 0 Å². The number of likely N-dealkylation sites (tertiary alicyclic amines) is 1. The molecule has 0 aromatic rings. The lowest BCUT2D eigenvalue weighted by Gasteiger charge is -2.35. The summed E-state index contributed by atoms with van der Waals surface area (Å²) < 4.78 is 0. The van der Waals surface area contributed by atoms with Gasteiger partial charge in [-0.3, -0.25) is 5.32 Å². The summed E-state index contributed by atoms with van der Waals surface area (Å²) in [7, 11) is 0. The van der Waals surface area contributed by atoms with Crippen LogP contribution in [0.15, 0.2) is 0 Å². The van der Waals surface area contributed by atoms with E-state index < -0.39 is 0 Å². The maximum absolute atomic E-state index is 9.39. The average Bonchev–Trinajstić information content (AvgIpc) is 2.54. The number of rotatable bonds is 4. The normalized spacial score (nSPS) is 26.7. The molecule has 0 radical (unpaired) electrons. The molecule has 0 aromatic heterocycles. The lowest BCUT2D eigenvalue weighted by molar-refractivity contribution is 0.105. The van der Waals surface area contributed by atoms with Crippen LogP contribution in [0.1, 0.15) is 71.1 Å². The van der Waals surface area contributed by atoms with Crippen molar-refractivity contribution in [1.29, 1.82) is 0 Å². The Morgan fingerprint density at radius 3 is 2.05 bits per heavy atom. The monoisotopic (exact) mass is 282 g/mol. The molecule has 20 heavy (non-hydrogen) atoms. The highest BCUT2D eigenvalue weighted by Gasteiger charge is 2.22. The van der Waals surface area contributed by atoms with Crippen LogP contribution < -0.4 is 5.32 Å². The molecule has 2 rings (SSSR count). The Morgan fingerprint density at radius 2 is 1.50 bits per heavy atom. The zero-order chi connectivity index (χ0) is 14.2. The SMILES string of the molecule is CC(O)NC1CCN(CC2CCCCCCCC2)CC1. The zero-order valence-electron chi connectivity index (χ0n) is 13.3. The van der Waals surface area contributed by atoms with Gasteiger partial charge in [0.05, 0.1) is 0 Å². The minimum absolute atomic E-state index is 0.360. The molecule has 1 atom stereocenters. The molecule has 0 spiro atoms. The fourth-order valence-corrected chi connectivity index (χ4v) is 3.89. The van der Waals surface area contributed by atoms with E-state index in [-0.39, 0.29) is 6.23 Å².